The number of aromatic nitrogens is 2. The molecule has 0 atom stereocenters. The predicted octanol–water partition coefficient (Wildman–Crippen LogP) is 1.81. The molecule has 0 saturated carbocycles. The molecule has 10 nitrogen and oxygen atoms in total. The van der Waals surface area contributed by atoms with Crippen LogP contribution >= 0.6 is 0 Å². The highest BCUT2D eigenvalue weighted by Crippen LogP contribution is 2.34. The molecule has 1 aromatic heterocycles. The first-order valence-corrected chi connectivity index (χ1v) is 9.79. The number of ether oxygens (including phenoxy) is 2. The van der Waals surface area contributed by atoms with Crippen LogP contribution in [0.5, 0.6) is 11.5 Å². The van der Waals surface area contributed by atoms with Crippen molar-refractivity contribution in [3.8, 4) is 17.6 Å². The van der Waals surface area contributed by atoms with Gasteiger partial charge in [0, 0.05) is 23.7 Å². The number of hydrogen-bond acceptors (Lipinski definition) is 7. The Morgan fingerprint density at radius 1 is 1.12 bits per heavy atom. The molecule has 4 rings (SSSR count). The fourth-order valence-electron chi connectivity index (χ4n) is 3.47. The first-order chi connectivity index (χ1) is 15.5. The quantitative estimate of drug-likeness (QED) is 0.621. The van der Waals surface area contributed by atoms with Crippen LogP contribution in [-0.4, -0.2) is 46.5 Å². The molecule has 2 heterocycles. The van der Waals surface area contributed by atoms with Gasteiger partial charge in [0.25, 0.3) is 5.56 Å². The Morgan fingerprint density at radius 3 is 2.56 bits per heavy atom. The third kappa shape index (κ3) is 3.96. The van der Waals surface area contributed by atoms with Crippen LogP contribution in [-0.2, 0) is 11.3 Å². The monoisotopic (exact) mass is 434 g/mol. The van der Waals surface area contributed by atoms with E-state index >= 15 is 0 Å². The number of fused-ring (bicyclic) bond motifs is 2. The molecule has 0 radical (unpaired) electrons. The number of benzene rings is 2. The van der Waals surface area contributed by atoms with Crippen LogP contribution in [0.15, 0.2) is 47.3 Å². The van der Waals surface area contributed by atoms with Gasteiger partial charge in [-0.25, -0.2) is 9.48 Å². The normalized spacial score (nSPS) is 12.2. The van der Waals surface area contributed by atoms with Crippen molar-refractivity contribution < 1.29 is 24.2 Å². The van der Waals surface area contributed by atoms with Gasteiger partial charge < -0.3 is 19.5 Å². The van der Waals surface area contributed by atoms with Gasteiger partial charge in [-0.05, 0) is 18.2 Å². The highest BCUT2D eigenvalue weighted by molar-refractivity contribution is 6.01. The van der Waals surface area contributed by atoms with Gasteiger partial charge in [-0.3, -0.25) is 9.59 Å². The van der Waals surface area contributed by atoms with Gasteiger partial charge in [0.15, 0.2) is 17.2 Å². The Labute approximate surface area is 181 Å². The number of hydrogen-bond donors (Lipinski definition) is 1. The molecule has 32 heavy (non-hydrogen) atoms. The number of rotatable bonds is 6. The fraction of sp³-hybridized carbons (Fsp3) is 0.227. The molecule has 0 fully saturated rings. The van der Waals surface area contributed by atoms with E-state index in [9.17, 15) is 19.5 Å². The van der Waals surface area contributed by atoms with Crippen LogP contribution < -0.4 is 19.9 Å². The zero-order valence-electron chi connectivity index (χ0n) is 16.9. The highest BCUT2D eigenvalue weighted by atomic mass is 16.6. The second kappa shape index (κ2) is 8.77. The van der Waals surface area contributed by atoms with Crippen molar-refractivity contribution in [3.63, 3.8) is 0 Å². The standard InChI is InChI=1S/C22H18N4O6/c23-8-3-9-25(14-6-7-17-18(12-14)32-11-10-31-17)19(27)13-26-21(28)16-5-2-1-4-15(16)20(24-26)22(29)30/h1-2,4-7,12H,3,9-11,13H2,(H,29,30). The lowest BCUT2D eigenvalue weighted by atomic mass is 10.1. The van der Waals surface area contributed by atoms with Crippen LogP contribution in [0, 0.1) is 11.3 Å². The first-order valence-electron chi connectivity index (χ1n) is 9.79. The van der Waals surface area contributed by atoms with E-state index in [1.165, 1.54) is 17.0 Å². The number of carbonyl (C=O) groups excluding carboxylic acids is 1. The van der Waals surface area contributed by atoms with E-state index in [1.54, 1.807) is 30.3 Å². The highest BCUT2D eigenvalue weighted by Gasteiger charge is 2.22. The topological polar surface area (TPSA) is 135 Å². The van der Waals surface area contributed by atoms with Gasteiger partial charge in [0.1, 0.15) is 19.8 Å². The minimum atomic E-state index is -1.31. The molecular formula is C22H18N4O6. The third-order valence-electron chi connectivity index (χ3n) is 4.94. The molecule has 0 bridgehead atoms. The molecule has 1 aliphatic heterocycles. The molecule has 0 saturated heterocycles. The van der Waals surface area contributed by atoms with Crippen molar-refractivity contribution in [2.75, 3.05) is 24.7 Å². The van der Waals surface area contributed by atoms with Crippen molar-refractivity contribution in [1.82, 2.24) is 9.78 Å². The van der Waals surface area contributed by atoms with Crippen molar-refractivity contribution >= 4 is 28.3 Å². The van der Waals surface area contributed by atoms with E-state index in [0.29, 0.717) is 30.4 Å². The molecule has 1 aliphatic rings. The SMILES string of the molecule is N#CCCN(C(=O)Cn1nc(C(=O)O)c2ccccc2c1=O)c1ccc2c(c1)OCCO2. The van der Waals surface area contributed by atoms with Gasteiger partial charge >= 0.3 is 5.97 Å². The maximum absolute atomic E-state index is 13.2. The summed E-state index contributed by atoms with van der Waals surface area (Å²) in [6.07, 6.45) is 0.0562. The minimum absolute atomic E-state index is 0.0562. The Hall–Kier alpha value is -4.39. The second-order valence-electron chi connectivity index (χ2n) is 6.94. The number of carbonyl (C=O) groups is 2. The van der Waals surface area contributed by atoms with E-state index in [-0.39, 0.29) is 29.4 Å². The maximum atomic E-state index is 13.2. The lowest BCUT2D eigenvalue weighted by Crippen LogP contribution is -2.38. The lowest BCUT2D eigenvalue weighted by molar-refractivity contribution is -0.119. The third-order valence-corrected chi connectivity index (χ3v) is 4.94. The lowest BCUT2D eigenvalue weighted by Gasteiger charge is -2.25. The number of nitrogens with zero attached hydrogens (tertiary/aromatic N) is 4. The fourth-order valence-corrected chi connectivity index (χ4v) is 3.47. The minimum Gasteiger partial charge on any atom is -0.486 e. The van der Waals surface area contributed by atoms with Gasteiger partial charge in [0.2, 0.25) is 5.91 Å². The van der Waals surface area contributed by atoms with Crippen LogP contribution in [0.4, 0.5) is 5.69 Å². The number of carboxylic acids is 1. The number of nitriles is 1. The van der Waals surface area contributed by atoms with Crippen molar-refractivity contribution in [2.45, 2.75) is 13.0 Å². The van der Waals surface area contributed by atoms with E-state index in [2.05, 4.69) is 5.10 Å². The Balaban J connectivity index is 1.71. The number of amides is 1. The molecule has 0 unspecified atom stereocenters. The second-order valence-corrected chi connectivity index (χ2v) is 6.94. The smallest absolute Gasteiger partial charge is 0.357 e. The molecule has 162 valence electrons. The van der Waals surface area contributed by atoms with Gasteiger partial charge in [-0.1, -0.05) is 18.2 Å². The average Bonchev–Trinajstić information content (AvgIpc) is 2.81. The summed E-state index contributed by atoms with van der Waals surface area (Å²) >= 11 is 0. The Kier molecular flexibility index (Phi) is 5.72. The zero-order valence-corrected chi connectivity index (χ0v) is 16.9. The summed E-state index contributed by atoms with van der Waals surface area (Å²) in [6.45, 7) is 0.371. The van der Waals surface area contributed by atoms with Gasteiger partial charge in [-0.15, -0.1) is 0 Å². The number of anilines is 1. The Morgan fingerprint density at radius 2 is 1.84 bits per heavy atom. The summed E-state index contributed by atoms with van der Waals surface area (Å²) < 4.78 is 11.9. The summed E-state index contributed by atoms with van der Waals surface area (Å²) in [4.78, 5) is 39.0. The largest absolute Gasteiger partial charge is 0.486 e. The van der Waals surface area contributed by atoms with Crippen molar-refractivity contribution in [2.24, 2.45) is 0 Å². The summed E-state index contributed by atoms with van der Waals surface area (Å²) in [5.41, 5.74) is -0.445. The van der Waals surface area contributed by atoms with E-state index in [1.807, 2.05) is 6.07 Å². The molecule has 3 aromatic rings. The van der Waals surface area contributed by atoms with Gasteiger partial charge in [0.05, 0.1) is 17.9 Å². The van der Waals surface area contributed by atoms with Crippen LogP contribution in [0.25, 0.3) is 10.8 Å². The Bertz CT molecular complexity index is 1310. The molecule has 2 aromatic carbocycles. The van der Waals surface area contributed by atoms with Crippen LogP contribution in [0.3, 0.4) is 0 Å². The maximum Gasteiger partial charge on any atom is 0.357 e. The van der Waals surface area contributed by atoms with Crippen LogP contribution in [0.2, 0.25) is 0 Å². The predicted molar refractivity (Wildman–Crippen MR) is 113 cm³/mol. The average molecular weight is 434 g/mol. The molecule has 0 aliphatic carbocycles. The molecule has 1 amide bonds. The zero-order chi connectivity index (χ0) is 22.7. The number of carboxylic acid groups (broad SMARTS) is 1. The summed E-state index contributed by atoms with van der Waals surface area (Å²) in [5, 5.41) is 22.8. The summed E-state index contributed by atoms with van der Waals surface area (Å²) in [5.74, 6) is -0.822. The summed E-state index contributed by atoms with van der Waals surface area (Å²) in [7, 11) is 0. The summed E-state index contributed by atoms with van der Waals surface area (Å²) in [6, 6.07) is 13.1. The van der Waals surface area contributed by atoms with Crippen molar-refractivity contribution in [3.05, 3.63) is 58.5 Å². The van der Waals surface area contributed by atoms with E-state index in [0.717, 1.165) is 4.68 Å². The van der Waals surface area contributed by atoms with E-state index < -0.39 is 24.0 Å². The molecule has 0 spiro atoms. The van der Waals surface area contributed by atoms with E-state index in [4.69, 9.17) is 14.7 Å². The molecule has 10 heteroatoms. The number of aromatic carboxylic acids is 1. The molecule has 1 N–H and O–H groups in total. The van der Waals surface area contributed by atoms with Crippen molar-refractivity contribution in [1.29, 1.82) is 5.26 Å². The molecular weight excluding hydrogens is 416 g/mol. The van der Waals surface area contributed by atoms with Crippen LogP contribution in [0.1, 0.15) is 16.9 Å². The van der Waals surface area contributed by atoms with Gasteiger partial charge in [-0.2, -0.15) is 10.4 Å². The first kappa shape index (κ1) is 20.9.